The number of alkyl halides is 3. The highest BCUT2D eigenvalue weighted by Gasteiger charge is 2.30. The lowest BCUT2D eigenvalue weighted by Crippen LogP contribution is -2.31. The summed E-state index contributed by atoms with van der Waals surface area (Å²) in [6.45, 7) is 1.92. The maximum absolute atomic E-state index is 12.6. The lowest BCUT2D eigenvalue weighted by atomic mass is 10.1. The number of amides is 1. The molecule has 4 rings (SSSR count). The van der Waals surface area contributed by atoms with E-state index in [1.165, 1.54) is 24.3 Å². The van der Waals surface area contributed by atoms with Crippen LogP contribution in [-0.4, -0.2) is 49.0 Å². The van der Waals surface area contributed by atoms with E-state index in [4.69, 9.17) is 4.98 Å². The van der Waals surface area contributed by atoms with Crippen LogP contribution in [0.1, 0.15) is 17.5 Å². The van der Waals surface area contributed by atoms with E-state index in [0.29, 0.717) is 17.3 Å². The van der Waals surface area contributed by atoms with E-state index in [1.807, 2.05) is 12.1 Å². The fraction of sp³-hybridized carbons (Fsp3) is 0.304. The zero-order valence-electron chi connectivity index (χ0n) is 17.7. The van der Waals surface area contributed by atoms with E-state index in [9.17, 15) is 18.0 Å². The second-order valence-electron chi connectivity index (χ2n) is 7.97. The van der Waals surface area contributed by atoms with Gasteiger partial charge in [0.05, 0.1) is 15.8 Å². The predicted octanol–water partition coefficient (Wildman–Crippen LogP) is 5.11. The summed E-state index contributed by atoms with van der Waals surface area (Å²) in [5.41, 5.74) is 1.32. The number of benzene rings is 2. The first-order chi connectivity index (χ1) is 15.2. The van der Waals surface area contributed by atoms with Crippen molar-refractivity contribution in [2.45, 2.75) is 18.6 Å². The van der Waals surface area contributed by atoms with Crippen LogP contribution >= 0.6 is 11.3 Å². The first-order valence-electron chi connectivity index (χ1n) is 10.2. The van der Waals surface area contributed by atoms with Gasteiger partial charge >= 0.3 is 6.18 Å². The second-order valence-corrected chi connectivity index (χ2v) is 8.98. The van der Waals surface area contributed by atoms with E-state index in [0.717, 1.165) is 47.0 Å². The van der Waals surface area contributed by atoms with E-state index in [1.54, 1.807) is 17.4 Å². The Bertz CT molecular complexity index is 1140. The fourth-order valence-electron chi connectivity index (χ4n) is 3.60. The summed E-state index contributed by atoms with van der Waals surface area (Å²) in [4.78, 5) is 21.5. The Morgan fingerprint density at radius 2 is 1.97 bits per heavy atom. The Balaban J connectivity index is 1.40. The van der Waals surface area contributed by atoms with Gasteiger partial charge in [-0.05, 0) is 62.5 Å². The molecule has 5 nitrogen and oxygen atoms in total. The van der Waals surface area contributed by atoms with Crippen molar-refractivity contribution in [3.05, 3.63) is 59.7 Å². The van der Waals surface area contributed by atoms with Crippen molar-refractivity contribution in [2.24, 2.45) is 0 Å². The van der Waals surface area contributed by atoms with Gasteiger partial charge in [-0.3, -0.25) is 4.79 Å². The van der Waals surface area contributed by atoms with Crippen LogP contribution in [0, 0.1) is 0 Å². The number of hydrogen-bond donors (Lipinski definition) is 1. The summed E-state index contributed by atoms with van der Waals surface area (Å²) < 4.78 is 38.9. The SMILES string of the molecule is CN(C)[C@@H]1CCN(c2nc3ccc(NC(=O)C=Cc4ccc(C(F)(F)F)cc4)cc3s2)C1. The van der Waals surface area contributed by atoms with Crippen LogP contribution < -0.4 is 10.2 Å². The van der Waals surface area contributed by atoms with Crippen LogP contribution in [0.15, 0.2) is 48.5 Å². The smallest absolute Gasteiger partial charge is 0.346 e. The van der Waals surface area contributed by atoms with Gasteiger partial charge in [-0.2, -0.15) is 13.2 Å². The molecular weight excluding hydrogens is 437 g/mol. The highest BCUT2D eigenvalue weighted by molar-refractivity contribution is 7.22. The molecule has 2 heterocycles. The molecule has 1 aliphatic rings. The summed E-state index contributed by atoms with van der Waals surface area (Å²) in [5, 5.41) is 3.78. The third-order valence-electron chi connectivity index (χ3n) is 5.47. The number of carbonyl (C=O) groups is 1. The molecule has 0 bridgehead atoms. The minimum absolute atomic E-state index is 0.359. The van der Waals surface area contributed by atoms with Crippen molar-refractivity contribution in [2.75, 3.05) is 37.4 Å². The summed E-state index contributed by atoms with van der Waals surface area (Å²) in [5.74, 6) is -0.359. The van der Waals surface area contributed by atoms with Gasteiger partial charge in [-0.1, -0.05) is 23.5 Å². The van der Waals surface area contributed by atoms with E-state index >= 15 is 0 Å². The molecule has 1 saturated heterocycles. The molecule has 0 aliphatic carbocycles. The van der Waals surface area contributed by atoms with Crippen LogP contribution in [-0.2, 0) is 11.0 Å². The van der Waals surface area contributed by atoms with Crippen molar-refractivity contribution in [3.63, 3.8) is 0 Å². The van der Waals surface area contributed by atoms with Crippen LogP contribution in [0.2, 0.25) is 0 Å². The van der Waals surface area contributed by atoms with Gasteiger partial charge in [0.2, 0.25) is 5.91 Å². The van der Waals surface area contributed by atoms with Gasteiger partial charge in [0.15, 0.2) is 5.13 Å². The number of nitrogens with zero attached hydrogens (tertiary/aromatic N) is 3. The number of hydrogen-bond acceptors (Lipinski definition) is 5. The number of thiazole rings is 1. The van der Waals surface area contributed by atoms with Crippen molar-refractivity contribution in [3.8, 4) is 0 Å². The normalized spacial score (nSPS) is 17.1. The quantitative estimate of drug-likeness (QED) is 0.538. The number of nitrogens with one attached hydrogen (secondary N) is 1. The molecule has 9 heteroatoms. The van der Waals surface area contributed by atoms with Gasteiger partial charge in [0, 0.05) is 30.9 Å². The van der Waals surface area contributed by atoms with Crippen molar-refractivity contribution in [1.82, 2.24) is 9.88 Å². The van der Waals surface area contributed by atoms with Crippen LogP contribution in [0.4, 0.5) is 24.0 Å². The molecule has 1 atom stereocenters. The predicted molar refractivity (Wildman–Crippen MR) is 123 cm³/mol. The Labute approximate surface area is 188 Å². The topological polar surface area (TPSA) is 48.5 Å². The van der Waals surface area contributed by atoms with Crippen LogP contribution in [0.5, 0.6) is 0 Å². The number of anilines is 2. The molecule has 0 radical (unpaired) electrons. The van der Waals surface area contributed by atoms with E-state index < -0.39 is 11.7 Å². The molecule has 0 spiro atoms. The third-order valence-corrected chi connectivity index (χ3v) is 6.55. The van der Waals surface area contributed by atoms with Crippen molar-refractivity contribution in [1.29, 1.82) is 0 Å². The molecule has 1 aliphatic heterocycles. The van der Waals surface area contributed by atoms with E-state index in [-0.39, 0.29) is 5.91 Å². The molecule has 2 aromatic carbocycles. The van der Waals surface area contributed by atoms with Gasteiger partial charge in [0.1, 0.15) is 0 Å². The Hall–Kier alpha value is -2.91. The summed E-state index contributed by atoms with van der Waals surface area (Å²) >= 11 is 1.60. The molecule has 168 valence electrons. The lowest BCUT2D eigenvalue weighted by Gasteiger charge is -2.19. The molecule has 1 amide bonds. The Morgan fingerprint density at radius 1 is 1.22 bits per heavy atom. The maximum atomic E-state index is 12.6. The number of aromatic nitrogens is 1. The molecule has 1 aromatic heterocycles. The molecular formula is C23H23F3N4OS. The minimum atomic E-state index is -4.38. The maximum Gasteiger partial charge on any atom is 0.416 e. The first-order valence-corrected chi connectivity index (χ1v) is 11.0. The van der Waals surface area contributed by atoms with Crippen LogP contribution in [0.25, 0.3) is 16.3 Å². The van der Waals surface area contributed by atoms with Gasteiger partial charge in [-0.25, -0.2) is 4.98 Å². The Kier molecular flexibility index (Phi) is 6.21. The number of fused-ring (bicyclic) bond motifs is 1. The first kappa shape index (κ1) is 22.3. The number of rotatable bonds is 5. The minimum Gasteiger partial charge on any atom is -0.346 e. The lowest BCUT2D eigenvalue weighted by molar-refractivity contribution is -0.137. The van der Waals surface area contributed by atoms with Crippen molar-refractivity contribution < 1.29 is 18.0 Å². The van der Waals surface area contributed by atoms with Gasteiger partial charge in [0.25, 0.3) is 0 Å². The summed E-state index contributed by atoms with van der Waals surface area (Å²) in [6, 6.07) is 10.7. The number of carbonyl (C=O) groups excluding carboxylic acids is 1. The van der Waals surface area contributed by atoms with E-state index in [2.05, 4.69) is 29.2 Å². The Morgan fingerprint density at radius 3 is 2.62 bits per heavy atom. The standard InChI is InChI=1S/C23H23F3N4OS/c1-29(2)18-11-12-30(14-18)22-28-19-9-8-17(13-20(19)32-22)27-21(31)10-5-15-3-6-16(7-4-15)23(24,25)26/h3-10,13,18H,11-12,14H2,1-2H3,(H,27,31)/t18-/m1/s1. The largest absolute Gasteiger partial charge is 0.416 e. The van der Waals surface area contributed by atoms with Crippen LogP contribution in [0.3, 0.4) is 0 Å². The van der Waals surface area contributed by atoms with Crippen molar-refractivity contribution >= 4 is 44.4 Å². The van der Waals surface area contributed by atoms with Gasteiger partial charge < -0.3 is 15.1 Å². The second kappa shape index (κ2) is 8.91. The monoisotopic (exact) mass is 460 g/mol. The zero-order chi connectivity index (χ0) is 22.9. The third kappa shape index (κ3) is 5.11. The molecule has 3 aromatic rings. The number of halogens is 3. The summed E-state index contributed by atoms with van der Waals surface area (Å²) in [7, 11) is 4.18. The summed E-state index contributed by atoms with van der Waals surface area (Å²) in [6.07, 6.45) is -0.489. The molecule has 1 fully saturated rings. The number of likely N-dealkylation sites (N-methyl/N-ethyl adjacent to an activating group) is 1. The van der Waals surface area contributed by atoms with Gasteiger partial charge in [-0.15, -0.1) is 0 Å². The average molecular weight is 461 g/mol. The molecule has 0 saturated carbocycles. The highest BCUT2D eigenvalue weighted by atomic mass is 32.1. The fourth-order valence-corrected chi connectivity index (χ4v) is 4.64. The molecule has 32 heavy (non-hydrogen) atoms. The highest BCUT2D eigenvalue weighted by Crippen LogP contribution is 2.33. The molecule has 0 unspecified atom stereocenters. The molecule has 1 N–H and O–H groups in total. The zero-order valence-corrected chi connectivity index (χ0v) is 18.5. The average Bonchev–Trinajstić information content (AvgIpc) is 3.39.